The zero-order chi connectivity index (χ0) is 23.2. The van der Waals surface area contributed by atoms with Crippen molar-refractivity contribution in [2.24, 2.45) is 11.3 Å². The molecule has 1 heterocycles. The van der Waals surface area contributed by atoms with Gasteiger partial charge in [-0.15, -0.1) is 0 Å². The van der Waals surface area contributed by atoms with E-state index in [4.69, 9.17) is 11.6 Å². The van der Waals surface area contributed by atoms with Crippen molar-refractivity contribution >= 4 is 29.3 Å². The van der Waals surface area contributed by atoms with Crippen LogP contribution in [-0.4, -0.2) is 47.8 Å². The van der Waals surface area contributed by atoms with Crippen molar-refractivity contribution in [3.63, 3.8) is 0 Å². The molecule has 3 amide bonds. The van der Waals surface area contributed by atoms with Gasteiger partial charge < -0.3 is 15.5 Å². The van der Waals surface area contributed by atoms with Crippen LogP contribution in [0.25, 0.3) is 0 Å². The molecule has 0 unspecified atom stereocenters. The first-order valence-electron chi connectivity index (χ1n) is 11.2. The van der Waals surface area contributed by atoms with E-state index >= 15 is 0 Å². The van der Waals surface area contributed by atoms with Gasteiger partial charge in [-0.1, -0.05) is 51.4 Å². The lowest BCUT2D eigenvalue weighted by atomic mass is 9.87. The molecular weight excluding hydrogens is 414 g/mol. The zero-order valence-corrected chi connectivity index (χ0v) is 20.1. The van der Waals surface area contributed by atoms with Crippen LogP contribution < -0.4 is 10.6 Å². The second kappa shape index (κ2) is 11.0. The minimum atomic E-state index is -0.669. The van der Waals surface area contributed by atoms with Gasteiger partial charge in [-0.05, 0) is 49.7 Å². The summed E-state index contributed by atoms with van der Waals surface area (Å²) in [7, 11) is 0. The second-order valence-electron chi connectivity index (χ2n) is 9.70. The maximum absolute atomic E-state index is 13.0. The molecule has 0 spiro atoms. The summed E-state index contributed by atoms with van der Waals surface area (Å²) in [6.45, 7) is 11.3. The molecule has 1 saturated heterocycles. The first-order valence-corrected chi connectivity index (χ1v) is 11.5. The molecule has 1 aromatic rings. The Morgan fingerprint density at radius 2 is 1.74 bits per heavy atom. The van der Waals surface area contributed by atoms with Crippen LogP contribution in [0.1, 0.15) is 70.7 Å². The molecule has 7 heteroatoms. The van der Waals surface area contributed by atoms with E-state index in [1.165, 1.54) is 0 Å². The van der Waals surface area contributed by atoms with Crippen molar-refractivity contribution in [1.82, 2.24) is 15.5 Å². The molecule has 2 atom stereocenters. The number of hydrogen-bond donors (Lipinski definition) is 2. The van der Waals surface area contributed by atoms with Crippen LogP contribution in [0.5, 0.6) is 0 Å². The Bertz CT molecular complexity index is 783. The van der Waals surface area contributed by atoms with Crippen LogP contribution in [0.3, 0.4) is 0 Å². The third-order valence-electron chi connectivity index (χ3n) is 5.73. The minimum Gasteiger partial charge on any atom is -0.352 e. The zero-order valence-electron chi connectivity index (χ0n) is 19.3. The van der Waals surface area contributed by atoms with Crippen molar-refractivity contribution in [3.05, 3.63) is 34.9 Å². The highest BCUT2D eigenvalue weighted by Crippen LogP contribution is 2.26. The average molecular weight is 450 g/mol. The molecule has 1 aromatic carbocycles. The van der Waals surface area contributed by atoms with Crippen molar-refractivity contribution in [1.29, 1.82) is 0 Å². The fourth-order valence-corrected chi connectivity index (χ4v) is 3.97. The van der Waals surface area contributed by atoms with Crippen LogP contribution >= 0.6 is 11.6 Å². The van der Waals surface area contributed by atoms with E-state index < -0.39 is 6.04 Å². The first kappa shape index (κ1) is 25.2. The predicted molar refractivity (Wildman–Crippen MR) is 124 cm³/mol. The van der Waals surface area contributed by atoms with Crippen molar-refractivity contribution in [3.8, 4) is 0 Å². The molecule has 31 heavy (non-hydrogen) atoms. The number of halogens is 1. The topological polar surface area (TPSA) is 78.5 Å². The van der Waals surface area contributed by atoms with Gasteiger partial charge in [0.25, 0.3) is 5.91 Å². The van der Waals surface area contributed by atoms with E-state index in [1.54, 1.807) is 24.3 Å². The molecule has 0 radical (unpaired) electrons. The van der Waals surface area contributed by atoms with Gasteiger partial charge in [-0.2, -0.15) is 0 Å². The van der Waals surface area contributed by atoms with Gasteiger partial charge in [-0.3, -0.25) is 14.4 Å². The quantitative estimate of drug-likeness (QED) is 0.659. The summed E-state index contributed by atoms with van der Waals surface area (Å²) in [4.78, 5) is 40.3. The van der Waals surface area contributed by atoms with Crippen LogP contribution in [0.2, 0.25) is 5.02 Å². The van der Waals surface area contributed by atoms with E-state index in [9.17, 15) is 14.4 Å². The molecule has 1 aliphatic heterocycles. The van der Waals surface area contributed by atoms with Gasteiger partial charge in [0.15, 0.2) is 0 Å². The van der Waals surface area contributed by atoms with Crippen molar-refractivity contribution in [2.45, 2.75) is 72.4 Å². The number of carbonyl (C=O) groups is 3. The lowest BCUT2D eigenvalue weighted by Gasteiger charge is -2.37. The fraction of sp³-hybridized carbons (Fsp3) is 0.625. The van der Waals surface area contributed by atoms with E-state index in [-0.39, 0.29) is 35.1 Å². The molecule has 0 aliphatic carbocycles. The molecule has 0 aromatic heterocycles. The number of carbonyl (C=O) groups excluding carboxylic acids is 3. The number of amides is 3. The molecule has 1 fully saturated rings. The Hall–Kier alpha value is -2.08. The molecule has 1 aliphatic rings. The van der Waals surface area contributed by atoms with E-state index in [0.29, 0.717) is 42.9 Å². The minimum absolute atomic E-state index is 0.0145. The van der Waals surface area contributed by atoms with Crippen molar-refractivity contribution in [2.75, 3.05) is 13.1 Å². The largest absolute Gasteiger partial charge is 0.352 e. The van der Waals surface area contributed by atoms with Gasteiger partial charge in [-0.25, -0.2) is 0 Å². The van der Waals surface area contributed by atoms with E-state index in [0.717, 1.165) is 6.42 Å². The summed E-state index contributed by atoms with van der Waals surface area (Å²) < 4.78 is 0. The summed E-state index contributed by atoms with van der Waals surface area (Å²) in [6, 6.07) is 6.16. The number of likely N-dealkylation sites (tertiary alicyclic amines) is 1. The monoisotopic (exact) mass is 449 g/mol. The lowest BCUT2D eigenvalue weighted by Crippen LogP contribution is -2.55. The summed E-state index contributed by atoms with van der Waals surface area (Å²) in [5, 5.41) is 6.26. The van der Waals surface area contributed by atoms with Gasteiger partial charge in [0, 0.05) is 25.6 Å². The maximum Gasteiger partial charge on any atom is 0.253 e. The van der Waals surface area contributed by atoms with Gasteiger partial charge in [0.2, 0.25) is 11.8 Å². The van der Waals surface area contributed by atoms with Crippen LogP contribution in [0.15, 0.2) is 24.3 Å². The molecule has 0 saturated carbocycles. The smallest absolute Gasteiger partial charge is 0.253 e. The Kier molecular flexibility index (Phi) is 8.92. The number of nitrogens with zero attached hydrogens (tertiary/aromatic N) is 1. The summed E-state index contributed by atoms with van der Waals surface area (Å²) in [5.41, 5.74) is 0.290. The molecular formula is C24H36ClN3O3. The van der Waals surface area contributed by atoms with Gasteiger partial charge in [0.05, 0.1) is 10.6 Å². The molecule has 0 bridgehead atoms. The van der Waals surface area contributed by atoms with Crippen LogP contribution in [0, 0.1) is 11.3 Å². The maximum atomic E-state index is 13.0. The van der Waals surface area contributed by atoms with Gasteiger partial charge in [0.1, 0.15) is 6.04 Å². The average Bonchev–Trinajstić information content (AvgIpc) is 2.70. The molecule has 172 valence electrons. The normalized spacial score (nSPS) is 17.0. The molecule has 2 N–H and O–H groups in total. The second-order valence-corrected chi connectivity index (χ2v) is 10.1. The van der Waals surface area contributed by atoms with Crippen LogP contribution in [-0.2, 0) is 9.59 Å². The van der Waals surface area contributed by atoms with Crippen molar-refractivity contribution < 1.29 is 14.4 Å². The number of piperidine rings is 1. The number of nitrogens with one attached hydrogen (secondary N) is 2. The Morgan fingerprint density at radius 1 is 1.13 bits per heavy atom. The highest BCUT2D eigenvalue weighted by molar-refractivity contribution is 6.33. The third-order valence-corrected chi connectivity index (χ3v) is 6.06. The van der Waals surface area contributed by atoms with Crippen LogP contribution in [0.4, 0.5) is 0 Å². The summed E-state index contributed by atoms with van der Waals surface area (Å²) >= 11 is 6.18. The third kappa shape index (κ3) is 7.53. The number of rotatable bonds is 7. The number of hydrogen-bond acceptors (Lipinski definition) is 3. The highest BCUT2D eigenvalue weighted by atomic mass is 35.5. The fourth-order valence-electron chi connectivity index (χ4n) is 3.74. The number of benzene rings is 1. The molecule has 2 rings (SSSR count). The Labute approximate surface area is 191 Å². The predicted octanol–water partition coefficient (Wildman–Crippen LogP) is 4.03. The van der Waals surface area contributed by atoms with E-state index in [2.05, 4.69) is 31.4 Å². The Morgan fingerprint density at radius 3 is 2.29 bits per heavy atom. The van der Waals surface area contributed by atoms with E-state index in [1.807, 2.05) is 18.7 Å². The molecule has 6 nitrogen and oxygen atoms in total. The highest BCUT2D eigenvalue weighted by Gasteiger charge is 2.35. The summed E-state index contributed by atoms with van der Waals surface area (Å²) in [6.07, 6.45) is 2.63. The van der Waals surface area contributed by atoms with Gasteiger partial charge >= 0.3 is 0 Å². The summed E-state index contributed by atoms with van der Waals surface area (Å²) in [5.74, 6) is -0.448. The first-order chi connectivity index (χ1) is 14.5. The standard InChI is InChI=1S/C24H36ClN3O3/c1-6-16(2)26-23(31)21(27-22(30)18-9-7-8-10-19(18)25)17-11-13-28(14-12-17)20(29)15-24(3,4)5/h7-10,16-17,21H,6,11-15H2,1-5H3,(H,26,31)(H,27,30)/t16-,21-/m1/s1. The SMILES string of the molecule is CC[C@@H](C)NC(=O)[C@H](NC(=O)c1ccccc1Cl)C1CCN(C(=O)CC(C)(C)C)CC1. The lowest BCUT2D eigenvalue weighted by molar-refractivity contribution is -0.134. The Balaban J connectivity index is 2.11.